The van der Waals surface area contributed by atoms with Crippen molar-refractivity contribution in [3.05, 3.63) is 35.4 Å². The molecule has 0 aliphatic heterocycles. The largest absolute Gasteiger partial charge is 0.330 e. The van der Waals surface area contributed by atoms with Gasteiger partial charge in [-0.25, -0.2) is 0 Å². The van der Waals surface area contributed by atoms with Gasteiger partial charge >= 0.3 is 0 Å². The van der Waals surface area contributed by atoms with Crippen LogP contribution in [-0.2, 0) is 0 Å². The number of benzene rings is 1. The van der Waals surface area contributed by atoms with E-state index in [1.54, 1.807) is 18.2 Å². The average Bonchev–Trinajstić information content (AvgIpc) is 2.38. The van der Waals surface area contributed by atoms with E-state index in [2.05, 4.69) is 5.37 Å². The molecule has 0 saturated heterocycles. The maximum atomic E-state index is 12.1. The van der Waals surface area contributed by atoms with E-state index in [4.69, 9.17) is 23.7 Å². The fourth-order valence-electron chi connectivity index (χ4n) is 1.63. The lowest BCUT2D eigenvalue weighted by molar-refractivity contribution is 0.0956. The van der Waals surface area contributed by atoms with Gasteiger partial charge in [0, 0.05) is 11.1 Å². The van der Waals surface area contributed by atoms with E-state index < -0.39 is 6.04 Å². The van der Waals surface area contributed by atoms with Crippen molar-refractivity contribution in [1.29, 1.82) is 0 Å². The normalized spacial score (nSPS) is 12.1. The molecule has 3 nitrogen and oxygen atoms in total. The number of carbonyl (C=O) groups excluding carboxylic acids is 1. The molecule has 4 N–H and O–H groups in total. The third-order valence-electron chi connectivity index (χ3n) is 2.61. The molecule has 1 radical (unpaired) electrons. The summed E-state index contributed by atoms with van der Waals surface area (Å²) < 4.78 is 0. The van der Waals surface area contributed by atoms with Gasteiger partial charge < -0.3 is 11.5 Å². The van der Waals surface area contributed by atoms with E-state index in [1.165, 1.54) is 0 Å². The highest BCUT2D eigenvalue weighted by Gasteiger charge is 2.17. The Hall–Kier alpha value is -1.10. The molecule has 17 heavy (non-hydrogen) atoms. The molecule has 0 fully saturated rings. The lowest BCUT2D eigenvalue weighted by atomic mass is 9.97. The van der Waals surface area contributed by atoms with Crippen molar-refractivity contribution in [3.8, 4) is 0 Å². The smallest absolute Gasteiger partial charge is 0.180 e. The van der Waals surface area contributed by atoms with Crippen LogP contribution in [0, 0.1) is 0 Å². The Morgan fingerprint density at radius 2 is 2.06 bits per heavy atom. The molecule has 1 rings (SSSR count). The molecule has 0 aromatic heterocycles. The van der Waals surface area contributed by atoms with E-state index >= 15 is 0 Å². The molecule has 4 heteroatoms. The van der Waals surface area contributed by atoms with Gasteiger partial charge in [-0.3, -0.25) is 4.79 Å². The number of ketones is 1. The second-order valence-corrected chi connectivity index (χ2v) is 4.11. The molecule has 0 aliphatic carbocycles. The summed E-state index contributed by atoms with van der Waals surface area (Å²) in [6.07, 6.45) is 2.41. The Morgan fingerprint density at radius 3 is 2.71 bits per heavy atom. The first-order chi connectivity index (χ1) is 8.20. The highest BCUT2D eigenvalue weighted by Crippen LogP contribution is 2.11. The number of Topliss-reactive ketones (excluding diaryl/α,β-unsaturated/α-hetero) is 1. The van der Waals surface area contributed by atoms with Crippen molar-refractivity contribution in [2.24, 2.45) is 11.5 Å². The van der Waals surface area contributed by atoms with Crippen LogP contribution in [0.4, 0.5) is 0 Å². The highest BCUT2D eigenvalue weighted by molar-refractivity contribution is 7.79. The molecular weight excluding hydrogens is 232 g/mol. The minimum atomic E-state index is -0.481. The zero-order valence-corrected chi connectivity index (χ0v) is 10.5. The Bertz CT molecular complexity index is 393. The summed E-state index contributed by atoms with van der Waals surface area (Å²) in [7, 11) is 0. The molecule has 0 heterocycles. The van der Waals surface area contributed by atoms with Crippen LogP contribution in [0.5, 0.6) is 0 Å². The summed E-state index contributed by atoms with van der Waals surface area (Å²) in [6, 6.07) is 6.65. The average molecular weight is 249 g/mol. The van der Waals surface area contributed by atoms with Crippen molar-refractivity contribution in [2.75, 3.05) is 6.54 Å². The minimum Gasteiger partial charge on any atom is -0.330 e. The van der Waals surface area contributed by atoms with E-state index in [0.717, 1.165) is 12.8 Å². The van der Waals surface area contributed by atoms with E-state index in [1.807, 2.05) is 6.07 Å². The molecule has 1 aromatic rings. The van der Waals surface area contributed by atoms with Crippen LogP contribution < -0.4 is 11.5 Å². The summed E-state index contributed by atoms with van der Waals surface area (Å²) in [5.41, 5.74) is 12.5. The predicted molar refractivity (Wildman–Crippen MR) is 73.4 cm³/mol. The van der Waals surface area contributed by atoms with Gasteiger partial charge in [0.2, 0.25) is 0 Å². The molecule has 0 amide bonds. The molecule has 1 aromatic carbocycles. The third kappa shape index (κ3) is 4.00. The number of hydrogen-bond donors (Lipinski definition) is 2. The van der Waals surface area contributed by atoms with Crippen molar-refractivity contribution < 1.29 is 4.79 Å². The van der Waals surface area contributed by atoms with Gasteiger partial charge in [0.15, 0.2) is 5.78 Å². The number of nitrogens with two attached hydrogens (primary N) is 2. The van der Waals surface area contributed by atoms with Gasteiger partial charge in [0.25, 0.3) is 0 Å². The van der Waals surface area contributed by atoms with Crippen LogP contribution in [0.2, 0.25) is 0 Å². The molecule has 1 atom stereocenters. The molecule has 0 saturated carbocycles. The van der Waals surface area contributed by atoms with E-state index in [0.29, 0.717) is 24.1 Å². The molecule has 0 aliphatic rings. The van der Waals surface area contributed by atoms with Gasteiger partial charge in [-0.2, -0.15) is 0 Å². The minimum absolute atomic E-state index is 0.0741. The number of carbonyl (C=O) groups is 1. The topological polar surface area (TPSA) is 69.1 Å². The van der Waals surface area contributed by atoms with E-state index in [9.17, 15) is 4.79 Å². The van der Waals surface area contributed by atoms with Crippen LogP contribution in [0.3, 0.4) is 0 Å². The number of thiocarbonyl (C=S) groups is 1. The summed E-state index contributed by atoms with van der Waals surface area (Å²) in [5, 5.41) is 2.59. The SMILES string of the molecule is NCCCC[C@H](N)C(=O)c1ccccc1[C]=S. The first-order valence-electron chi connectivity index (χ1n) is 5.67. The van der Waals surface area contributed by atoms with Crippen LogP contribution in [0.15, 0.2) is 24.3 Å². The van der Waals surface area contributed by atoms with Crippen LogP contribution >= 0.6 is 12.2 Å². The van der Waals surface area contributed by atoms with E-state index in [-0.39, 0.29) is 5.78 Å². The number of unbranched alkanes of at least 4 members (excludes halogenated alkanes) is 1. The lowest BCUT2D eigenvalue weighted by Crippen LogP contribution is -2.31. The fraction of sp³-hybridized carbons (Fsp3) is 0.385. The zero-order valence-electron chi connectivity index (χ0n) is 9.69. The summed E-state index contributed by atoms with van der Waals surface area (Å²) in [4.78, 5) is 12.1. The van der Waals surface area contributed by atoms with Gasteiger partial charge in [0.1, 0.15) is 0 Å². The molecule has 0 spiro atoms. The summed E-state index contributed by atoms with van der Waals surface area (Å²) >= 11 is 4.76. The maximum absolute atomic E-state index is 12.1. The number of rotatable bonds is 7. The fourth-order valence-corrected chi connectivity index (χ4v) is 1.80. The van der Waals surface area contributed by atoms with Gasteiger partial charge in [-0.15, -0.1) is 0 Å². The second-order valence-electron chi connectivity index (χ2n) is 3.90. The quantitative estimate of drug-likeness (QED) is 0.437. The molecular formula is C13H17N2OS. The van der Waals surface area contributed by atoms with Crippen molar-refractivity contribution >= 4 is 23.4 Å². The predicted octanol–water partition coefficient (Wildman–Crippen LogP) is 1.55. The number of hydrogen-bond acceptors (Lipinski definition) is 4. The molecule has 0 bridgehead atoms. The first kappa shape index (κ1) is 14.0. The monoisotopic (exact) mass is 249 g/mol. The van der Waals surface area contributed by atoms with Crippen LogP contribution in [0.25, 0.3) is 0 Å². The Morgan fingerprint density at radius 1 is 1.35 bits per heavy atom. The zero-order chi connectivity index (χ0) is 12.7. The Kier molecular flexibility index (Phi) is 5.97. The van der Waals surface area contributed by atoms with Gasteiger partial charge in [-0.05, 0) is 19.4 Å². The Labute approximate surface area is 107 Å². The summed E-state index contributed by atoms with van der Waals surface area (Å²) in [5.74, 6) is -0.0741. The van der Waals surface area contributed by atoms with Gasteiger partial charge in [-0.1, -0.05) is 42.9 Å². The van der Waals surface area contributed by atoms with Crippen molar-refractivity contribution in [2.45, 2.75) is 25.3 Å². The summed E-state index contributed by atoms with van der Waals surface area (Å²) in [6.45, 7) is 0.630. The lowest BCUT2D eigenvalue weighted by Gasteiger charge is -2.11. The van der Waals surface area contributed by atoms with Crippen LogP contribution in [0.1, 0.15) is 35.2 Å². The molecule has 91 valence electrons. The van der Waals surface area contributed by atoms with Gasteiger partial charge in [0.05, 0.1) is 11.4 Å². The Balaban J connectivity index is 2.71. The first-order valence-corrected chi connectivity index (χ1v) is 6.08. The standard InChI is InChI=1S/C13H17N2OS/c14-8-4-3-7-12(15)13(16)11-6-2-1-5-10(11)9-17/h1-2,5-6,12H,3-4,7-8,14-15H2/t12-/m0/s1. The van der Waals surface area contributed by atoms with Crippen molar-refractivity contribution in [3.63, 3.8) is 0 Å². The highest BCUT2D eigenvalue weighted by atomic mass is 32.1. The van der Waals surface area contributed by atoms with Crippen molar-refractivity contribution in [1.82, 2.24) is 0 Å². The molecule has 0 unspecified atom stereocenters. The third-order valence-corrected chi connectivity index (χ3v) is 2.83. The van der Waals surface area contributed by atoms with Crippen LogP contribution in [-0.4, -0.2) is 23.7 Å². The maximum Gasteiger partial charge on any atom is 0.180 e. The second kappa shape index (κ2) is 7.27.